The van der Waals surface area contributed by atoms with Gasteiger partial charge >= 0.3 is 6.01 Å². The number of hydrogen-bond donors (Lipinski definition) is 0. The van der Waals surface area contributed by atoms with Gasteiger partial charge in [-0.05, 0) is 6.07 Å². The van der Waals surface area contributed by atoms with Crippen molar-refractivity contribution in [1.82, 2.24) is 14.9 Å². The molecule has 0 spiro atoms. The Hall–Kier alpha value is -2.83. The second-order valence-corrected chi connectivity index (χ2v) is 6.07. The molecule has 3 rings (SSSR count). The van der Waals surface area contributed by atoms with E-state index >= 15 is 0 Å². The Labute approximate surface area is 152 Å². The zero-order valence-electron chi connectivity index (χ0n) is 15.1. The van der Waals surface area contributed by atoms with E-state index in [1.54, 1.807) is 19.4 Å². The lowest BCUT2D eigenvalue weighted by molar-refractivity contribution is -0.132. The second kappa shape index (κ2) is 8.51. The van der Waals surface area contributed by atoms with Crippen molar-refractivity contribution in [3.05, 3.63) is 42.1 Å². The summed E-state index contributed by atoms with van der Waals surface area (Å²) in [6.07, 6.45) is 3.52. The van der Waals surface area contributed by atoms with Crippen molar-refractivity contribution in [2.75, 3.05) is 27.3 Å². The minimum Gasteiger partial charge on any atom is -0.496 e. The van der Waals surface area contributed by atoms with E-state index in [0.717, 1.165) is 24.2 Å². The molecule has 2 aromatic rings. The number of likely N-dealkylation sites (tertiary alicyclic amines) is 1. The van der Waals surface area contributed by atoms with Crippen LogP contribution < -0.4 is 14.2 Å². The maximum atomic E-state index is 12.6. The number of aromatic nitrogens is 2. The first kappa shape index (κ1) is 18.0. The normalized spacial score (nSPS) is 14.8. The number of piperidine rings is 1. The Morgan fingerprint density at radius 3 is 2.65 bits per heavy atom. The topological polar surface area (TPSA) is 73.8 Å². The van der Waals surface area contributed by atoms with Crippen molar-refractivity contribution in [1.29, 1.82) is 0 Å². The van der Waals surface area contributed by atoms with Gasteiger partial charge in [-0.3, -0.25) is 4.79 Å². The molecule has 1 amide bonds. The van der Waals surface area contributed by atoms with Gasteiger partial charge in [-0.15, -0.1) is 0 Å². The predicted octanol–water partition coefficient (Wildman–Crippen LogP) is 2.11. The summed E-state index contributed by atoms with van der Waals surface area (Å²) in [5, 5.41) is 0. The highest BCUT2D eigenvalue weighted by Crippen LogP contribution is 2.21. The number of amides is 1. The summed E-state index contributed by atoms with van der Waals surface area (Å²) in [6.45, 7) is 1.34. The Bertz CT molecular complexity index is 745. The molecule has 0 saturated carbocycles. The van der Waals surface area contributed by atoms with Gasteiger partial charge in [0.1, 0.15) is 11.9 Å². The van der Waals surface area contributed by atoms with E-state index in [1.807, 2.05) is 29.2 Å². The Morgan fingerprint density at radius 1 is 1.15 bits per heavy atom. The molecule has 1 aliphatic rings. The molecule has 0 atom stereocenters. The van der Waals surface area contributed by atoms with Crippen molar-refractivity contribution in [3.63, 3.8) is 0 Å². The minimum absolute atomic E-state index is 0.0323. The molecule has 0 aliphatic carbocycles. The fourth-order valence-electron chi connectivity index (χ4n) is 3.01. The third-order valence-corrected chi connectivity index (χ3v) is 4.41. The monoisotopic (exact) mass is 357 g/mol. The van der Waals surface area contributed by atoms with Crippen molar-refractivity contribution in [2.24, 2.45) is 0 Å². The van der Waals surface area contributed by atoms with Crippen LogP contribution in [0, 0.1) is 0 Å². The van der Waals surface area contributed by atoms with Gasteiger partial charge in [0.05, 0.1) is 20.6 Å². The number of methoxy groups -OCH3 is 2. The predicted molar refractivity (Wildman–Crippen MR) is 95.5 cm³/mol. The van der Waals surface area contributed by atoms with E-state index in [4.69, 9.17) is 14.2 Å². The van der Waals surface area contributed by atoms with Crippen LogP contribution in [0.15, 0.2) is 36.5 Å². The molecule has 0 N–H and O–H groups in total. The molecule has 1 aliphatic heterocycles. The zero-order valence-corrected chi connectivity index (χ0v) is 15.1. The molecule has 0 bridgehead atoms. The number of para-hydroxylation sites is 1. The van der Waals surface area contributed by atoms with E-state index in [2.05, 4.69) is 9.97 Å². The molecule has 138 valence electrons. The van der Waals surface area contributed by atoms with E-state index < -0.39 is 0 Å². The largest absolute Gasteiger partial charge is 0.496 e. The van der Waals surface area contributed by atoms with Crippen LogP contribution in [-0.4, -0.2) is 54.2 Å². The van der Waals surface area contributed by atoms with Crippen molar-refractivity contribution in [3.8, 4) is 17.6 Å². The first-order valence-corrected chi connectivity index (χ1v) is 8.63. The molecule has 2 heterocycles. The van der Waals surface area contributed by atoms with Crippen LogP contribution in [0.25, 0.3) is 0 Å². The molecule has 0 unspecified atom stereocenters. The summed E-state index contributed by atoms with van der Waals surface area (Å²) < 4.78 is 16.2. The first-order valence-electron chi connectivity index (χ1n) is 8.63. The molecule has 1 fully saturated rings. The molecule has 7 nitrogen and oxygen atoms in total. The summed E-state index contributed by atoms with van der Waals surface area (Å²) in [5.41, 5.74) is 0.909. The van der Waals surface area contributed by atoms with Gasteiger partial charge in [-0.25, -0.2) is 4.98 Å². The Kier molecular flexibility index (Phi) is 5.88. The standard InChI is InChI=1S/C19H23N3O4/c1-24-16-6-4-3-5-14(16)13-18(23)22-11-8-15(9-12-22)26-17-7-10-20-19(21-17)25-2/h3-7,10,15H,8-9,11-13H2,1-2H3. The third-order valence-electron chi connectivity index (χ3n) is 4.41. The summed E-state index contributed by atoms with van der Waals surface area (Å²) in [7, 11) is 3.14. The van der Waals surface area contributed by atoms with Crippen LogP contribution in [0.4, 0.5) is 0 Å². The SMILES string of the molecule is COc1nccc(OC2CCN(C(=O)Cc3ccccc3OC)CC2)n1. The van der Waals surface area contributed by atoms with Crippen LogP contribution >= 0.6 is 0 Å². The quantitative estimate of drug-likeness (QED) is 0.788. The van der Waals surface area contributed by atoms with E-state index in [0.29, 0.717) is 25.4 Å². The fraction of sp³-hybridized carbons (Fsp3) is 0.421. The van der Waals surface area contributed by atoms with Crippen LogP contribution in [0.1, 0.15) is 18.4 Å². The number of hydrogen-bond acceptors (Lipinski definition) is 6. The summed E-state index contributed by atoms with van der Waals surface area (Å²) in [6, 6.07) is 9.61. The van der Waals surface area contributed by atoms with Crippen LogP contribution in [0.3, 0.4) is 0 Å². The van der Waals surface area contributed by atoms with Gasteiger partial charge in [0.2, 0.25) is 11.8 Å². The molecular formula is C19H23N3O4. The lowest BCUT2D eigenvalue weighted by Crippen LogP contribution is -2.42. The number of carbonyl (C=O) groups is 1. The fourth-order valence-corrected chi connectivity index (χ4v) is 3.01. The average Bonchev–Trinajstić information content (AvgIpc) is 2.69. The molecule has 26 heavy (non-hydrogen) atoms. The Balaban J connectivity index is 1.52. The molecule has 1 aromatic carbocycles. The number of rotatable bonds is 6. The maximum Gasteiger partial charge on any atom is 0.319 e. The molecule has 1 aromatic heterocycles. The van der Waals surface area contributed by atoms with Crippen molar-refractivity contribution >= 4 is 5.91 Å². The lowest BCUT2D eigenvalue weighted by atomic mass is 10.1. The summed E-state index contributed by atoms with van der Waals surface area (Å²) in [4.78, 5) is 22.6. The number of nitrogens with zero attached hydrogens (tertiary/aromatic N) is 3. The van der Waals surface area contributed by atoms with Gasteiger partial charge in [0, 0.05) is 43.8 Å². The molecule has 0 radical (unpaired) electrons. The third kappa shape index (κ3) is 4.41. The van der Waals surface area contributed by atoms with Crippen molar-refractivity contribution < 1.29 is 19.0 Å². The van der Waals surface area contributed by atoms with Crippen molar-refractivity contribution in [2.45, 2.75) is 25.4 Å². The Morgan fingerprint density at radius 2 is 1.92 bits per heavy atom. The summed E-state index contributed by atoms with van der Waals surface area (Å²) in [5.74, 6) is 1.35. The lowest BCUT2D eigenvalue weighted by Gasteiger charge is -2.32. The van der Waals surface area contributed by atoms with E-state index in [1.165, 1.54) is 7.11 Å². The number of ether oxygens (including phenoxy) is 3. The highest BCUT2D eigenvalue weighted by molar-refractivity contribution is 5.79. The zero-order chi connectivity index (χ0) is 18.4. The first-order chi connectivity index (χ1) is 12.7. The van der Waals surface area contributed by atoms with E-state index in [9.17, 15) is 4.79 Å². The highest BCUT2D eigenvalue weighted by Gasteiger charge is 2.25. The molecule has 7 heteroatoms. The molecular weight excluding hydrogens is 334 g/mol. The molecule has 1 saturated heterocycles. The van der Waals surface area contributed by atoms with Gasteiger partial charge in [0.25, 0.3) is 0 Å². The summed E-state index contributed by atoms with van der Waals surface area (Å²) >= 11 is 0. The van der Waals surface area contributed by atoms with Crippen LogP contribution in [0.2, 0.25) is 0 Å². The number of carbonyl (C=O) groups excluding carboxylic acids is 1. The van der Waals surface area contributed by atoms with Gasteiger partial charge in [-0.1, -0.05) is 18.2 Å². The van der Waals surface area contributed by atoms with Gasteiger partial charge in [0.15, 0.2) is 0 Å². The minimum atomic E-state index is 0.0323. The van der Waals surface area contributed by atoms with Crippen LogP contribution in [-0.2, 0) is 11.2 Å². The maximum absolute atomic E-state index is 12.6. The number of benzene rings is 1. The van der Waals surface area contributed by atoms with Gasteiger partial charge in [-0.2, -0.15) is 4.98 Å². The van der Waals surface area contributed by atoms with E-state index in [-0.39, 0.29) is 18.0 Å². The second-order valence-electron chi connectivity index (χ2n) is 6.07. The smallest absolute Gasteiger partial charge is 0.319 e. The average molecular weight is 357 g/mol. The van der Waals surface area contributed by atoms with Crippen LogP contribution in [0.5, 0.6) is 17.6 Å². The van der Waals surface area contributed by atoms with Gasteiger partial charge < -0.3 is 19.1 Å². The highest BCUT2D eigenvalue weighted by atomic mass is 16.5.